The Kier molecular flexibility index (Phi) is 2.75. The molecule has 1 saturated carbocycles. The normalized spacial score (nSPS) is 18.5. The third kappa shape index (κ3) is 2.34. The Labute approximate surface area is 76.1 Å². The molecule has 1 fully saturated rings. The quantitative estimate of drug-likeness (QED) is 0.683. The minimum Gasteiger partial charge on any atom is -0.481 e. The fourth-order valence-corrected chi connectivity index (χ4v) is 1.51. The lowest BCUT2D eigenvalue weighted by atomic mass is 9.74. The van der Waals surface area contributed by atoms with E-state index in [2.05, 4.69) is 10.1 Å². The van der Waals surface area contributed by atoms with Crippen LogP contribution in [0, 0.1) is 0 Å². The van der Waals surface area contributed by atoms with Crippen molar-refractivity contribution in [1.29, 1.82) is 0 Å². The first-order valence-electron chi connectivity index (χ1n) is 4.16. The zero-order valence-corrected chi connectivity index (χ0v) is 7.50. The summed E-state index contributed by atoms with van der Waals surface area (Å²) in [6.45, 7) is 0. The topological polar surface area (TPSA) is 75.6 Å². The van der Waals surface area contributed by atoms with E-state index in [0.29, 0.717) is 12.8 Å². The number of carboxylic acids is 1. The fraction of sp³-hybridized carbons (Fsp3) is 0.750. The number of nitrogens with one attached hydrogen (secondary N) is 1. The number of amides is 1. The van der Waals surface area contributed by atoms with Crippen molar-refractivity contribution in [2.45, 2.75) is 31.2 Å². The molecule has 0 aromatic rings. The van der Waals surface area contributed by atoms with Crippen molar-refractivity contribution in [2.24, 2.45) is 0 Å². The third-order valence-corrected chi connectivity index (χ3v) is 2.35. The lowest BCUT2D eigenvalue weighted by Crippen LogP contribution is -2.54. The molecule has 0 spiro atoms. The summed E-state index contributed by atoms with van der Waals surface area (Å²) in [5, 5.41) is 11.2. The van der Waals surface area contributed by atoms with Gasteiger partial charge in [0.1, 0.15) is 0 Å². The predicted octanol–water partition coefficient (Wildman–Crippen LogP) is 0.740. The zero-order chi connectivity index (χ0) is 9.90. The molecule has 1 aliphatic carbocycles. The lowest BCUT2D eigenvalue weighted by Gasteiger charge is -2.40. The monoisotopic (exact) mass is 187 g/mol. The van der Waals surface area contributed by atoms with Gasteiger partial charge in [0.2, 0.25) is 0 Å². The Morgan fingerprint density at radius 1 is 1.54 bits per heavy atom. The summed E-state index contributed by atoms with van der Waals surface area (Å²) in [6.07, 6.45) is 1.81. The van der Waals surface area contributed by atoms with Gasteiger partial charge in [-0.3, -0.25) is 4.79 Å². The minimum atomic E-state index is -0.892. The van der Waals surface area contributed by atoms with Crippen LogP contribution in [0.5, 0.6) is 0 Å². The van der Waals surface area contributed by atoms with Gasteiger partial charge in [-0.15, -0.1) is 0 Å². The lowest BCUT2D eigenvalue weighted by molar-refractivity contribution is -0.139. The molecule has 1 aliphatic rings. The molecule has 0 saturated heterocycles. The van der Waals surface area contributed by atoms with E-state index in [1.54, 1.807) is 0 Å². The van der Waals surface area contributed by atoms with Gasteiger partial charge in [-0.05, 0) is 19.3 Å². The van der Waals surface area contributed by atoms with E-state index in [4.69, 9.17) is 5.11 Å². The maximum Gasteiger partial charge on any atom is 0.407 e. The standard InChI is InChI=1S/C8H13NO4/c1-13-7(12)9-8(3-2-4-8)5-6(10)11/h2-5H2,1H3,(H,9,12)(H,10,11). The van der Waals surface area contributed by atoms with Crippen molar-refractivity contribution >= 4 is 12.1 Å². The summed E-state index contributed by atoms with van der Waals surface area (Å²) in [5.41, 5.74) is -0.557. The average molecular weight is 187 g/mol. The van der Waals surface area contributed by atoms with Crippen molar-refractivity contribution < 1.29 is 19.4 Å². The van der Waals surface area contributed by atoms with Crippen LogP contribution in [0.4, 0.5) is 4.79 Å². The molecule has 13 heavy (non-hydrogen) atoms. The molecular formula is C8H13NO4. The van der Waals surface area contributed by atoms with Crippen molar-refractivity contribution in [1.82, 2.24) is 5.32 Å². The summed E-state index contributed by atoms with van der Waals surface area (Å²) < 4.78 is 4.42. The summed E-state index contributed by atoms with van der Waals surface area (Å²) in [6, 6.07) is 0. The van der Waals surface area contributed by atoms with E-state index in [9.17, 15) is 9.59 Å². The molecule has 0 atom stereocenters. The predicted molar refractivity (Wildman–Crippen MR) is 44.4 cm³/mol. The second kappa shape index (κ2) is 3.64. The van der Waals surface area contributed by atoms with Crippen LogP contribution in [0.1, 0.15) is 25.7 Å². The number of carboxylic acid groups (broad SMARTS) is 1. The van der Waals surface area contributed by atoms with Crippen molar-refractivity contribution in [3.05, 3.63) is 0 Å². The number of ether oxygens (including phenoxy) is 1. The van der Waals surface area contributed by atoms with Gasteiger partial charge in [-0.2, -0.15) is 0 Å². The zero-order valence-electron chi connectivity index (χ0n) is 7.50. The number of aliphatic carboxylic acids is 1. The minimum absolute atomic E-state index is 0.0257. The second-order valence-electron chi connectivity index (χ2n) is 3.32. The number of carbonyl (C=O) groups excluding carboxylic acids is 1. The van der Waals surface area contributed by atoms with Gasteiger partial charge in [-0.25, -0.2) is 4.79 Å². The highest BCUT2D eigenvalue weighted by Crippen LogP contribution is 2.34. The fourth-order valence-electron chi connectivity index (χ4n) is 1.51. The average Bonchev–Trinajstić information content (AvgIpc) is 1.99. The van der Waals surface area contributed by atoms with Crippen LogP contribution in [0.3, 0.4) is 0 Å². The molecule has 0 bridgehead atoms. The maximum absolute atomic E-state index is 10.9. The van der Waals surface area contributed by atoms with Gasteiger partial charge in [0.25, 0.3) is 0 Å². The third-order valence-electron chi connectivity index (χ3n) is 2.35. The van der Waals surface area contributed by atoms with Gasteiger partial charge >= 0.3 is 12.1 Å². The number of rotatable bonds is 3. The first-order valence-corrected chi connectivity index (χ1v) is 4.16. The molecule has 2 N–H and O–H groups in total. The first kappa shape index (κ1) is 9.83. The van der Waals surface area contributed by atoms with Gasteiger partial charge in [-0.1, -0.05) is 0 Å². The number of carbonyl (C=O) groups is 2. The van der Waals surface area contributed by atoms with Crippen molar-refractivity contribution in [3.63, 3.8) is 0 Å². The molecular weight excluding hydrogens is 174 g/mol. The number of hydrogen-bond donors (Lipinski definition) is 2. The van der Waals surface area contributed by atoms with Crippen LogP contribution < -0.4 is 5.32 Å². The molecule has 0 aliphatic heterocycles. The highest BCUT2D eigenvalue weighted by atomic mass is 16.5. The van der Waals surface area contributed by atoms with E-state index < -0.39 is 17.6 Å². The van der Waals surface area contributed by atoms with Crippen molar-refractivity contribution in [3.8, 4) is 0 Å². The van der Waals surface area contributed by atoms with Gasteiger partial charge in [0.15, 0.2) is 0 Å². The number of hydrogen-bond acceptors (Lipinski definition) is 3. The second-order valence-corrected chi connectivity index (χ2v) is 3.32. The van der Waals surface area contributed by atoms with Gasteiger partial charge in [0, 0.05) is 0 Å². The number of alkyl carbamates (subject to hydrolysis) is 1. The summed E-state index contributed by atoms with van der Waals surface area (Å²) in [7, 11) is 1.27. The van der Waals surface area contributed by atoms with Gasteiger partial charge < -0.3 is 15.2 Å². The van der Waals surface area contributed by atoms with E-state index in [0.717, 1.165) is 6.42 Å². The molecule has 0 heterocycles. The Bertz CT molecular complexity index is 222. The largest absolute Gasteiger partial charge is 0.481 e. The van der Waals surface area contributed by atoms with Gasteiger partial charge in [0.05, 0.1) is 19.1 Å². The molecule has 0 unspecified atom stereocenters. The highest BCUT2D eigenvalue weighted by Gasteiger charge is 2.40. The molecule has 0 aromatic heterocycles. The molecule has 5 nitrogen and oxygen atoms in total. The molecule has 0 aromatic carbocycles. The smallest absolute Gasteiger partial charge is 0.407 e. The SMILES string of the molecule is COC(=O)NC1(CC(=O)O)CCC1. The Hall–Kier alpha value is -1.26. The van der Waals surface area contributed by atoms with Crippen LogP contribution in [-0.2, 0) is 9.53 Å². The van der Waals surface area contributed by atoms with Crippen LogP contribution >= 0.6 is 0 Å². The van der Waals surface area contributed by atoms with Crippen LogP contribution in [0.15, 0.2) is 0 Å². The Morgan fingerprint density at radius 2 is 2.15 bits per heavy atom. The van der Waals surface area contributed by atoms with Crippen LogP contribution in [-0.4, -0.2) is 29.8 Å². The van der Waals surface area contributed by atoms with Crippen LogP contribution in [0.25, 0.3) is 0 Å². The Balaban J connectivity index is 2.49. The summed E-state index contributed by atoms with van der Waals surface area (Å²) >= 11 is 0. The first-order chi connectivity index (χ1) is 6.08. The molecule has 0 radical (unpaired) electrons. The molecule has 1 amide bonds. The maximum atomic E-state index is 10.9. The summed E-state index contributed by atoms with van der Waals surface area (Å²) in [5.74, 6) is -0.892. The van der Waals surface area contributed by atoms with E-state index in [-0.39, 0.29) is 6.42 Å². The Morgan fingerprint density at radius 3 is 2.46 bits per heavy atom. The van der Waals surface area contributed by atoms with Crippen molar-refractivity contribution in [2.75, 3.05) is 7.11 Å². The molecule has 1 rings (SSSR count). The summed E-state index contributed by atoms with van der Waals surface area (Å²) in [4.78, 5) is 21.4. The van der Waals surface area contributed by atoms with E-state index in [1.165, 1.54) is 7.11 Å². The molecule has 74 valence electrons. The van der Waals surface area contributed by atoms with Crippen LogP contribution in [0.2, 0.25) is 0 Å². The van der Waals surface area contributed by atoms with E-state index >= 15 is 0 Å². The van der Waals surface area contributed by atoms with E-state index in [1.807, 2.05) is 0 Å². The highest BCUT2D eigenvalue weighted by molar-refractivity contribution is 5.73. The molecule has 5 heteroatoms. The number of methoxy groups -OCH3 is 1.